The number of phenols is 1. The Labute approximate surface area is 533 Å². The van der Waals surface area contributed by atoms with Crippen molar-refractivity contribution in [3.63, 3.8) is 0 Å². The molecule has 8 saturated carbocycles. The summed E-state index contributed by atoms with van der Waals surface area (Å²) < 4.78 is 135. The lowest BCUT2D eigenvalue weighted by Gasteiger charge is -2.55. The Balaban J connectivity index is 0.000000184. The van der Waals surface area contributed by atoms with Gasteiger partial charge in [-0.1, -0.05) is 159 Å². The molecule has 0 spiro atoms. The van der Waals surface area contributed by atoms with Crippen LogP contribution >= 0.6 is 11.6 Å². The Kier molecular flexibility index (Phi) is 19.0. The summed E-state index contributed by atoms with van der Waals surface area (Å²) in [5.74, 6) is 0.229. The molecule has 0 unspecified atom stereocenters. The molecule has 0 aliphatic heterocycles. The van der Waals surface area contributed by atoms with Crippen LogP contribution in [0.2, 0.25) is 0 Å². The highest BCUT2D eigenvalue weighted by atomic mass is 35.5. The Morgan fingerprint density at radius 1 is 0.462 bits per heavy atom. The molecule has 0 radical (unpaired) electrons. The van der Waals surface area contributed by atoms with Crippen molar-refractivity contribution in [2.45, 2.75) is 111 Å². The number of sulfone groups is 2. The first kappa shape index (κ1) is 66.5. The third-order valence-electron chi connectivity index (χ3n) is 19.4. The lowest BCUT2D eigenvalue weighted by molar-refractivity contribution is -0.177. The van der Waals surface area contributed by atoms with E-state index in [0.717, 1.165) is 38.5 Å². The van der Waals surface area contributed by atoms with E-state index in [1.807, 2.05) is 0 Å². The second-order valence-corrected chi connectivity index (χ2v) is 30.7. The fraction of sp³-hybridized carbons (Fsp3) is 0.389. The number of rotatable bonds is 19. The fourth-order valence-electron chi connectivity index (χ4n) is 16.2. The first-order valence-corrected chi connectivity index (χ1v) is 33.9. The lowest BCUT2D eigenvalue weighted by Crippen LogP contribution is -2.53. The van der Waals surface area contributed by atoms with Crippen LogP contribution in [-0.4, -0.2) is 68.8 Å². The molecule has 19 heteroatoms. The molecule has 12 nitrogen and oxygen atoms in total. The SMILES string of the molecule is C=C(C)C(=O)Cl.C=C(C)C(=O)Oc1ccc(C(c2ccccc2)(c2ccccc2)S(=O)(=O)C(F)(F)COC(=O)C23CC4CC(CC(C4)C2)C3)cc1.O=C(OCC(F)(F)S(=O)(=O)C(c1ccccc1)(c1ccccc1)c1ccc(O)cc1)C12CC3CC(CC(C3)C1)C2. The van der Waals surface area contributed by atoms with Crippen molar-refractivity contribution in [2.75, 3.05) is 13.2 Å². The highest BCUT2D eigenvalue weighted by Gasteiger charge is 2.65. The zero-order valence-corrected chi connectivity index (χ0v) is 53.0. The Morgan fingerprint density at radius 2 is 0.714 bits per heavy atom. The quantitative estimate of drug-likeness (QED) is 0.0202. The number of ether oxygens (including phenoxy) is 3. The molecule has 1 N–H and O–H groups in total. The van der Waals surface area contributed by atoms with Gasteiger partial charge in [0.15, 0.2) is 22.7 Å². The zero-order valence-electron chi connectivity index (χ0n) is 50.6. The van der Waals surface area contributed by atoms with E-state index in [4.69, 9.17) is 25.8 Å². The monoisotopic (exact) mass is 1300 g/mol. The number of allylic oxidation sites excluding steroid dienone is 1. The van der Waals surface area contributed by atoms with Crippen molar-refractivity contribution in [2.24, 2.45) is 46.3 Å². The number of carbonyl (C=O) groups excluding carboxylic acids is 4. The summed E-state index contributed by atoms with van der Waals surface area (Å²) in [7, 11) is -11.0. The number of phenolic OH excluding ortho intramolecular Hbond substituents is 1. The summed E-state index contributed by atoms with van der Waals surface area (Å²) in [6, 6.07) is 41.9. The number of benzene rings is 6. The van der Waals surface area contributed by atoms with Crippen LogP contribution in [0.5, 0.6) is 11.5 Å². The van der Waals surface area contributed by atoms with E-state index >= 15 is 17.6 Å². The highest BCUT2D eigenvalue weighted by molar-refractivity contribution is 7.94. The van der Waals surface area contributed by atoms with Crippen molar-refractivity contribution < 1.29 is 72.9 Å². The van der Waals surface area contributed by atoms with Gasteiger partial charge >= 0.3 is 28.4 Å². The van der Waals surface area contributed by atoms with Crippen molar-refractivity contribution in [1.82, 2.24) is 0 Å². The maximum atomic E-state index is 16.5. The second kappa shape index (κ2) is 25.9. The van der Waals surface area contributed by atoms with Gasteiger partial charge in [-0.3, -0.25) is 14.4 Å². The van der Waals surface area contributed by atoms with E-state index in [9.17, 15) is 41.1 Å². The van der Waals surface area contributed by atoms with Crippen LogP contribution in [-0.2, 0) is 57.8 Å². The van der Waals surface area contributed by atoms with Crippen molar-refractivity contribution in [1.29, 1.82) is 0 Å². The summed E-state index contributed by atoms with van der Waals surface area (Å²) in [4.78, 5) is 48.8. The van der Waals surface area contributed by atoms with E-state index in [1.54, 1.807) is 79.7 Å². The number of halogens is 5. The summed E-state index contributed by atoms with van der Waals surface area (Å²) in [6.45, 7) is 6.73. The minimum atomic E-state index is -5.55. The predicted octanol–water partition coefficient (Wildman–Crippen LogP) is 15.0. The van der Waals surface area contributed by atoms with Crippen molar-refractivity contribution in [3.8, 4) is 11.5 Å². The predicted molar refractivity (Wildman–Crippen MR) is 337 cm³/mol. The average Bonchev–Trinajstić information content (AvgIpc) is 0.720. The minimum absolute atomic E-state index is 0.00195. The smallest absolute Gasteiger partial charge is 0.380 e. The molecule has 14 rings (SSSR count). The Morgan fingerprint density at radius 3 is 0.967 bits per heavy atom. The van der Waals surface area contributed by atoms with E-state index in [1.165, 1.54) is 104 Å². The van der Waals surface area contributed by atoms with Crippen molar-refractivity contribution in [3.05, 3.63) is 228 Å². The van der Waals surface area contributed by atoms with Gasteiger partial charge in [-0.25, -0.2) is 21.6 Å². The summed E-state index contributed by atoms with van der Waals surface area (Å²) >= 11 is 4.87. The van der Waals surface area contributed by atoms with Crippen LogP contribution in [0.25, 0.3) is 0 Å². The van der Waals surface area contributed by atoms with Crippen molar-refractivity contribution >= 4 is 54.4 Å². The molecule has 91 heavy (non-hydrogen) atoms. The molecule has 0 amide bonds. The van der Waals surface area contributed by atoms with Gasteiger partial charge in [-0.05, 0) is 196 Å². The zero-order chi connectivity index (χ0) is 65.4. The number of alkyl halides is 4. The third kappa shape index (κ3) is 12.6. The molecule has 0 saturated heterocycles. The minimum Gasteiger partial charge on any atom is -0.508 e. The average molecular weight is 1310 g/mol. The van der Waals surface area contributed by atoms with E-state index < -0.39 is 86.9 Å². The van der Waals surface area contributed by atoms with E-state index in [0.29, 0.717) is 79.6 Å². The van der Waals surface area contributed by atoms with Gasteiger partial charge in [0.25, 0.3) is 0 Å². The van der Waals surface area contributed by atoms with Gasteiger partial charge in [0.1, 0.15) is 11.5 Å². The van der Waals surface area contributed by atoms with Crippen LogP contribution in [0.3, 0.4) is 0 Å². The largest absolute Gasteiger partial charge is 0.508 e. The summed E-state index contributed by atoms with van der Waals surface area (Å²) in [5.41, 5.74) is -0.646. The number of hydrogen-bond donors (Lipinski definition) is 1. The molecule has 0 atom stereocenters. The van der Waals surface area contributed by atoms with E-state index in [-0.39, 0.29) is 50.5 Å². The van der Waals surface area contributed by atoms with Crippen LogP contribution in [0.15, 0.2) is 194 Å². The maximum Gasteiger partial charge on any atom is 0.380 e. The first-order chi connectivity index (χ1) is 43.1. The standard InChI is InChI=1S/C36H36F2O6S.C32H32F2O5S.C4H5ClO/c1-24(2)32(39)44-31-15-13-30(14-16-31)36(28-9-5-3-6-10-28,29-11-7-4-8-12-29)45(41,42)35(37,38)23-43-33(40)34-20-25-17-26(21-34)19-27(18-25)22-34;33-31(34,21-39-29(36)30-18-22-15-23(19-30)17-24(16-22)20-30)40(37,38)32(25-7-3-1-4-8-25,26-9-5-2-6-10-26)27-11-13-28(35)14-12-27;1-3(2)4(5)6/h3-16,25-27H,1,17-23H2,2H3;1-14,22-24,35H,15-21H2;1H2,2H3. The van der Waals surface area contributed by atoms with Crippen LogP contribution in [0, 0.1) is 46.3 Å². The van der Waals surface area contributed by atoms with Gasteiger partial charge in [0.05, 0.1) is 10.8 Å². The van der Waals surface area contributed by atoms with Gasteiger partial charge in [-0.15, -0.1) is 0 Å². The molecule has 0 aromatic heterocycles. The Bertz CT molecular complexity index is 3740. The topological polar surface area (TPSA) is 184 Å². The number of esters is 3. The molecule has 8 bridgehead atoms. The summed E-state index contributed by atoms with van der Waals surface area (Å²) in [5, 5.41) is 0.577. The number of aromatic hydroxyl groups is 1. The molecule has 8 aliphatic carbocycles. The molecule has 6 aromatic rings. The normalized spacial score (nSPS) is 23.9. The fourth-order valence-corrected chi connectivity index (χ4v) is 20.2. The van der Waals surface area contributed by atoms with Gasteiger partial charge in [0, 0.05) is 11.1 Å². The van der Waals surface area contributed by atoms with Crippen LogP contribution in [0.1, 0.15) is 124 Å². The summed E-state index contributed by atoms with van der Waals surface area (Å²) in [6.07, 6.45) is 10.1. The lowest BCUT2D eigenvalue weighted by atomic mass is 9.49. The molecular weight excluding hydrogens is 1230 g/mol. The van der Waals surface area contributed by atoms with Gasteiger partial charge < -0.3 is 19.3 Å². The first-order valence-electron chi connectivity index (χ1n) is 30.5. The molecular formula is C72H73ClF4O12S2. The Hall–Kier alpha value is -7.41. The second-order valence-electron chi connectivity index (χ2n) is 26.0. The molecule has 8 aliphatic rings. The maximum absolute atomic E-state index is 16.5. The van der Waals surface area contributed by atoms with Gasteiger partial charge in [0.2, 0.25) is 24.9 Å². The van der Waals surface area contributed by atoms with Crippen LogP contribution in [0.4, 0.5) is 17.6 Å². The van der Waals surface area contributed by atoms with Crippen LogP contribution < -0.4 is 4.74 Å². The van der Waals surface area contributed by atoms with E-state index in [2.05, 4.69) is 13.2 Å². The molecule has 480 valence electrons. The third-order valence-corrected chi connectivity index (χ3v) is 24.6. The molecule has 0 heterocycles. The number of carbonyl (C=O) groups is 4. The number of hydrogen-bond acceptors (Lipinski definition) is 12. The molecule has 8 fully saturated rings. The highest BCUT2D eigenvalue weighted by Crippen LogP contribution is 2.62. The van der Waals surface area contributed by atoms with Gasteiger partial charge in [-0.2, -0.15) is 17.6 Å². The molecule has 6 aromatic carbocycles.